The highest BCUT2D eigenvalue weighted by Crippen LogP contribution is 2.32. The molecule has 0 aliphatic rings. The van der Waals surface area contributed by atoms with Crippen LogP contribution >= 0.6 is 11.6 Å². The van der Waals surface area contributed by atoms with Crippen LogP contribution in [-0.2, 0) is 12.5 Å². The Morgan fingerprint density at radius 2 is 1.89 bits per heavy atom. The molecule has 0 spiro atoms. The molecule has 1 N–H and O–H groups in total. The Labute approximate surface area is 120 Å². The lowest BCUT2D eigenvalue weighted by atomic mass is 9.96. The minimum absolute atomic E-state index is 0.109. The zero-order valence-corrected chi connectivity index (χ0v) is 14.3. The summed E-state index contributed by atoms with van der Waals surface area (Å²) in [5.74, 6) is 0.777. The Kier molecular flexibility index (Phi) is 3.62. The van der Waals surface area contributed by atoms with E-state index in [1.807, 2.05) is 17.8 Å². The van der Waals surface area contributed by atoms with E-state index in [2.05, 4.69) is 48.8 Å². The van der Waals surface area contributed by atoms with Gasteiger partial charge in [0.05, 0.1) is 11.1 Å². The highest BCUT2D eigenvalue weighted by Gasteiger charge is 2.22. The molecule has 19 heavy (non-hydrogen) atoms. The van der Waals surface area contributed by atoms with Gasteiger partial charge in [0.25, 0.3) is 0 Å². The molecule has 0 radical (unpaired) electrons. The Bertz CT molecular complexity index is 613. The topological polar surface area (TPSA) is 42.7 Å². The third-order valence-electron chi connectivity index (χ3n) is 2.89. The van der Waals surface area contributed by atoms with Gasteiger partial charge >= 0.3 is 0 Å². The molecule has 2 heterocycles. The number of halogens is 1. The van der Waals surface area contributed by atoms with Crippen LogP contribution in [0.25, 0.3) is 11.0 Å². The number of anilines is 1. The van der Waals surface area contributed by atoms with E-state index in [-0.39, 0.29) is 5.41 Å². The second-order valence-electron chi connectivity index (χ2n) is 6.24. The normalized spacial score (nSPS) is 12.4. The largest absolute Gasteiger partial charge is 0.411 e. The average Bonchev–Trinajstić information content (AvgIpc) is 2.54. The van der Waals surface area contributed by atoms with Crippen LogP contribution in [-0.4, -0.2) is 23.5 Å². The summed E-state index contributed by atoms with van der Waals surface area (Å²) in [5, 5.41) is 1.46. The van der Waals surface area contributed by atoms with Crippen LogP contribution in [0.1, 0.15) is 26.6 Å². The molecule has 2 aromatic rings. The molecule has 0 saturated heterocycles. The highest BCUT2D eigenvalue weighted by atomic mass is 35.5. The smallest absolute Gasteiger partial charge is 0.147 e. The Hall–Kier alpha value is -1.07. The average molecular weight is 297 g/mol. The lowest BCUT2D eigenvalue weighted by Gasteiger charge is -2.17. The number of nitrogens with one attached hydrogen (secondary N) is 1. The van der Waals surface area contributed by atoms with Crippen molar-refractivity contribution in [2.75, 3.05) is 4.98 Å². The maximum absolute atomic E-state index is 6.38. The van der Waals surface area contributed by atoms with E-state index in [1.54, 1.807) is 0 Å². The Morgan fingerprint density at radius 1 is 1.26 bits per heavy atom. The predicted octanol–water partition coefficient (Wildman–Crippen LogP) is 3.31. The van der Waals surface area contributed by atoms with E-state index in [1.165, 1.54) is 0 Å². The van der Waals surface area contributed by atoms with Crippen molar-refractivity contribution in [3.8, 4) is 0 Å². The second-order valence-corrected chi connectivity index (χ2v) is 9.20. The van der Waals surface area contributed by atoms with Gasteiger partial charge in [-0.1, -0.05) is 45.5 Å². The molecule has 0 unspecified atom stereocenters. The van der Waals surface area contributed by atoms with Crippen molar-refractivity contribution in [3.05, 3.63) is 17.2 Å². The maximum atomic E-state index is 6.38. The Morgan fingerprint density at radius 3 is 2.42 bits per heavy atom. The quantitative estimate of drug-likeness (QED) is 0.683. The number of hydrogen-bond acceptors (Lipinski definition) is 3. The molecular weight excluding hydrogens is 276 g/mol. The van der Waals surface area contributed by atoms with Gasteiger partial charge in [-0.05, 0) is 0 Å². The lowest BCUT2D eigenvalue weighted by molar-refractivity contribution is 0.547. The van der Waals surface area contributed by atoms with E-state index >= 15 is 0 Å². The van der Waals surface area contributed by atoms with Crippen molar-refractivity contribution in [3.63, 3.8) is 0 Å². The highest BCUT2D eigenvalue weighted by molar-refractivity contribution is 6.60. The molecule has 0 fully saturated rings. The van der Waals surface area contributed by atoms with Crippen molar-refractivity contribution < 1.29 is 0 Å². The molecule has 104 valence electrons. The van der Waals surface area contributed by atoms with Gasteiger partial charge in [-0.15, -0.1) is 0 Å². The van der Waals surface area contributed by atoms with Gasteiger partial charge in [0.1, 0.15) is 25.6 Å². The minimum Gasteiger partial charge on any atom is -0.411 e. The van der Waals surface area contributed by atoms with Gasteiger partial charge in [-0.2, -0.15) is 0 Å². The second kappa shape index (κ2) is 4.79. The fourth-order valence-corrected chi connectivity index (χ4v) is 3.09. The fourth-order valence-electron chi connectivity index (χ4n) is 1.98. The molecule has 4 nitrogen and oxygen atoms in total. The summed E-state index contributed by atoms with van der Waals surface area (Å²) in [5.41, 5.74) is 1.83. The third-order valence-corrected chi connectivity index (χ3v) is 4.05. The summed E-state index contributed by atoms with van der Waals surface area (Å²) in [6.07, 6.45) is 2.05. The molecule has 2 rings (SSSR count). The minimum atomic E-state index is -0.935. The monoisotopic (exact) mass is 296 g/mol. The van der Waals surface area contributed by atoms with Crippen molar-refractivity contribution >= 4 is 37.3 Å². The van der Waals surface area contributed by atoms with Gasteiger partial charge < -0.3 is 9.55 Å². The first kappa shape index (κ1) is 14.3. The first-order valence-corrected chi connectivity index (χ1v) is 9.76. The number of hydrogen-bond donors (Lipinski definition) is 1. The predicted molar refractivity (Wildman–Crippen MR) is 84.7 cm³/mol. The third kappa shape index (κ3) is 2.77. The van der Waals surface area contributed by atoms with E-state index in [4.69, 9.17) is 11.6 Å². The number of nitrogens with zero attached hydrogens (tertiary/aromatic N) is 3. The first-order valence-electron chi connectivity index (χ1n) is 6.49. The maximum Gasteiger partial charge on any atom is 0.147 e. The number of rotatable bonds is 2. The van der Waals surface area contributed by atoms with Crippen LogP contribution in [0, 0.1) is 0 Å². The number of aryl methyl sites for hydroxylation is 1. The summed E-state index contributed by atoms with van der Waals surface area (Å²) in [7, 11) is 1.06. The van der Waals surface area contributed by atoms with Gasteiger partial charge in [-0.25, -0.2) is 9.97 Å². The fraction of sp³-hybridized carbons (Fsp3) is 0.538. The zero-order valence-electron chi connectivity index (χ0n) is 12.4. The van der Waals surface area contributed by atoms with E-state index < -0.39 is 8.96 Å². The molecule has 0 aromatic carbocycles. The van der Waals surface area contributed by atoms with Crippen molar-refractivity contribution in [2.45, 2.75) is 39.3 Å². The van der Waals surface area contributed by atoms with E-state index in [9.17, 15) is 0 Å². The van der Waals surface area contributed by atoms with Crippen LogP contribution in [0.5, 0.6) is 0 Å². The zero-order chi connectivity index (χ0) is 14.4. The lowest BCUT2D eigenvalue weighted by Crippen LogP contribution is -2.17. The summed E-state index contributed by atoms with van der Waals surface area (Å²) < 4.78 is 2.01. The van der Waals surface area contributed by atoms with Crippen LogP contribution < -0.4 is 4.98 Å². The summed E-state index contributed by atoms with van der Waals surface area (Å²) in [4.78, 5) is 12.7. The molecule has 0 saturated carbocycles. The van der Waals surface area contributed by atoms with Crippen LogP contribution in [0.15, 0.2) is 6.20 Å². The van der Waals surface area contributed by atoms with Gasteiger partial charge in [0.2, 0.25) is 0 Å². The van der Waals surface area contributed by atoms with E-state index in [0.717, 1.165) is 22.5 Å². The number of fused-ring (bicyclic) bond motifs is 1. The van der Waals surface area contributed by atoms with E-state index in [0.29, 0.717) is 5.15 Å². The molecule has 0 aliphatic heterocycles. The molecule has 0 amide bonds. The van der Waals surface area contributed by atoms with Gasteiger partial charge in [0, 0.05) is 18.7 Å². The summed E-state index contributed by atoms with van der Waals surface area (Å²) in [6.45, 7) is 10.7. The standard InChI is InChI=1S/C13H21ClN4Si/c1-13(2,3)12-15-10(14)9-8(17-19(5)6)7-18(4)11(9)16-12/h7,17,19H,1-6H3. The van der Waals surface area contributed by atoms with Gasteiger partial charge in [-0.3, -0.25) is 0 Å². The SMILES string of the molecule is Cn1cc(N[SiH](C)C)c2c(Cl)nc(C(C)(C)C)nc21. The molecule has 0 atom stereocenters. The molecule has 0 bridgehead atoms. The van der Waals surface area contributed by atoms with Crippen molar-refractivity contribution in [1.29, 1.82) is 0 Å². The molecular formula is C13H21ClN4Si. The van der Waals surface area contributed by atoms with Crippen LogP contribution in [0.2, 0.25) is 18.2 Å². The Balaban J connectivity index is 2.67. The van der Waals surface area contributed by atoms with Gasteiger partial charge in [0.15, 0.2) is 0 Å². The van der Waals surface area contributed by atoms with Crippen LogP contribution in [0.3, 0.4) is 0 Å². The first-order chi connectivity index (χ1) is 8.70. The molecule has 0 aliphatic carbocycles. The molecule has 2 aromatic heterocycles. The van der Waals surface area contributed by atoms with Crippen molar-refractivity contribution in [2.24, 2.45) is 7.05 Å². The van der Waals surface area contributed by atoms with Crippen LogP contribution in [0.4, 0.5) is 5.69 Å². The van der Waals surface area contributed by atoms with Crippen molar-refractivity contribution in [1.82, 2.24) is 14.5 Å². The molecule has 6 heteroatoms. The summed E-state index contributed by atoms with van der Waals surface area (Å²) >= 11 is 6.38. The number of aromatic nitrogens is 3. The summed E-state index contributed by atoms with van der Waals surface area (Å²) in [6, 6.07) is 0.